The lowest BCUT2D eigenvalue weighted by molar-refractivity contribution is 0.234. The number of hydrogen-bond acceptors (Lipinski definition) is 2. The lowest BCUT2D eigenvalue weighted by Crippen LogP contribution is -1.99. The van der Waals surface area contributed by atoms with Crippen molar-refractivity contribution >= 4 is 10.8 Å². The molecule has 0 aliphatic carbocycles. The zero-order valence-corrected chi connectivity index (χ0v) is 10.5. The van der Waals surface area contributed by atoms with Gasteiger partial charge >= 0.3 is 0 Å². The van der Waals surface area contributed by atoms with Crippen LogP contribution < -0.4 is 4.74 Å². The van der Waals surface area contributed by atoms with Gasteiger partial charge in [-0.3, -0.25) is 0 Å². The highest BCUT2D eigenvalue weighted by Crippen LogP contribution is 2.20. The summed E-state index contributed by atoms with van der Waals surface area (Å²) in [6, 6.07) is 14.2. The van der Waals surface area contributed by atoms with Crippen molar-refractivity contribution in [1.29, 1.82) is 0 Å². The van der Waals surface area contributed by atoms with E-state index < -0.39 is 0 Å². The molecule has 0 aliphatic rings. The van der Waals surface area contributed by atoms with Gasteiger partial charge in [0.1, 0.15) is 5.75 Å². The fourth-order valence-corrected chi connectivity index (χ4v) is 1.51. The first-order valence-corrected chi connectivity index (χ1v) is 6.12. The molecule has 0 aliphatic heterocycles. The quantitative estimate of drug-likeness (QED) is 0.816. The van der Waals surface area contributed by atoms with Gasteiger partial charge in [0, 0.05) is 13.0 Å². The Bertz CT molecular complexity index is 438. The number of aliphatic hydroxyl groups is 1. The monoisotopic (exact) mass is 232 g/mol. The Kier molecular flexibility index (Phi) is 6.12. The molecule has 2 aromatic carbocycles. The van der Waals surface area contributed by atoms with Gasteiger partial charge in [-0.05, 0) is 22.9 Å². The number of benzene rings is 2. The van der Waals surface area contributed by atoms with Crippen LogP contribution in [-0.4, -0.2) is 18.3 Å². The van der Waals surface area contributed by atoms with Gasteiger partial charge in [-0.25, -0.2) is 0 Å². The molecule has 17 heavy (non-hydrogen) atoms. The molecule has 0 aromatic heterocycles. The molecular formula is C15H20O2. The first-order valence-electron chi connectivity index (χ1n) is 6.12. The van der Waals surface area contributed by atoms with Crippen molar-refractivity contribution in [1.82, 2.24) is 0 Å². The maximum atomic E-state index is 8.64. The third-order valence-corrected chi connectivity index (χ3v) is 2.29. The van der Waals surface area contributed by atoms with E-state index in [-0.39, 0.29) is 6.61 Å². The molecule has 0 amide bonds. The van der Waals surface area contributed by atoms with Crippen LogP contribution in [0.1, 0.15) is 20.3 Å². The Hall–Kier alpha value is -1.54. The van der Waals surface area contributed by atoms with Gasteiger partial charge in [0.25, 0.3) is 0 Å². The summed E-state index contributed by atoms with van der Waals surface area (Å²) in [5, 5.41) is 11.0. The second-order valence-corrected chi connectivity index (χ2v) is 3.43. The molecule has 2 nitrogen and oxygen atoms in total. The van der Waals surface area contributed by atoms with Crippen molar-refractivity contribution in [3.63, 3.8) is 0 Å². The maximum Gasteiger partial charge on any atom is 0.119 e. The first-order chi connectivity index (χ1) is 8.40. The van der Waals surface area contributed by atoms with Crippen LogP contribution in [0.15, 0.2) is 42.5 Å². The Morgan fingerprint density at radius 1 is 1.00 bits per heavy atom. The van der Waals surface area contributed by atoms with Gasteiger partial charge in [0.2, 0.25) is 0 Å². The van der Waals surface area contributed by atoms with E-state index in [1.165, 1.54) is 10.8 Å². The second kappa shape index (κ2) is 7.69. The third-order valence-electron chi connectivity index (χ3n) is 2.29. The summed E-state index contributed by atoms with van der Waals surface area (Å²) in [4.78, 5) is 0. The van der Waals surface area contributed by atoms with Gasteiger partial charge in [0.15, 0.2) is 0 Å². The molecule has 2 heteroatoms. The molecule has 0 radical (unpaired) electrons. The van der Waals surface area contributed by atoms with Crippen LogP contribution in [0.4, 0.5) is 0 Å². The molecule has 2 aromatic rings. The third kappa shape index (κ3) is 4.08. The molecular weight excluding hydrogens is 212 g/mol. The van der Waals surface area contributed by atoms with E-state index in [1.807, 2.05) is 44.2 Å². The van der Waals surface area contributed by atoms with Crippen LogP contribution in [0.5, 0.6) is 5.75 Å². The zero-order valence-electron chi connectivity index (χ0n) is 10.5. The smallest absolute Gasteiger partial charge is 0.119 e. The van der Waals surface area contributed by atoms with Crippen LogP contribution in [0.3, 0.4) is 0 Å². The minimum Gasteiger partial charge on any atom is -0.493 e. The van der Waals surface area contributed by atoms with E-state index in [4.69, 9.17) is 9.84 Å². The normalized spacial score (nSPS) is 9.59. The molecule has 0 spiro atoms. The SMILES string of the molecule is CC.OCCCOc1ccc2ccccc2c1. The average Bonchev–Trinajstić information content (AvgIpc) is 2.41. The molecule has 0 saturated heterocycles. The van der Waals surface area contributed by atoms with Gasteiger partial charge in [0.05, 0.1) is 6.61 Å². The van der Waals surface area contributed by atoms with Crippen molar-refractivity contribution in [2.75, 3.05) is 13.2 Å². The minimum atomic E-state index is 0.174. The van der Waals surface area contributed by atoms with Gasteiger partial charge in [-0.1, -0.05) is 44.2 Å². The summed E-state index contributed by atoms with van der Waals surface area (Å²) in [5.74, 6) is 0.863. The van der Waals surface area contributed by atoms with E-state index in [1.54, 1.807) is 0 Å². The molecule has 0 heterocycles. The lowest BCUT2D eigenvalue weighted by Gasteiger charge is -2.06. The van der Waals surface area contributed by atoms with E-state index in [9.17, 15) is 0 Å². The summed E-state index contributed by atoms with van der Waals surface area (Å²) in [5.41, 5.74) is 0. The molecule has 0 fully saturated rings. The molecule has 2 rings (SSSR count). The Morgan fingerprint density at radius 3 is 2.41 bits per heavy atom. The van der Waals surface area contributed by atoms with E-state index in [0.717, 1.165) is 5.75 Å². The highest BCUT2D eigenvalue weighted by atomic mass is 16.5. The minimum absolute atomic E-state index is 0.174. The van der Waals surface area contributed by atoms with Crippen molar-refractivity contribution in [3.05, 3.63) is 42.5 Å². The molecule has 92 valence electrons. The van der Waals surface area contributed by atoms with Gasteiger partial charge < -0.3 is 9.84 Å². The van der Waals surface area contributed by atoms with Crippen LogP contribution in [0.25, 0.3) is 10.8 Å². The second-order valence-electron chi connectivity index (χ2n) is 3.43. The van der Waals surface area contributed by atoms with E-state index in [2.05, 4.69) is 12.1 Å². The maximum absolute atomic E-state index is 8.64. The number of rotatable bonds is 4. The molecule has 0 atom stereocenters. The molecule has 1 N–H and O–H groups in total. The van der Waals surface area contributed by atoms with E-state index in [0.29, 0.717) is 13.0 Å². The van der Waals surface area contributed by atoms with Crippen molar-refractivity contribution < 1.29 is 9.84 Å². The van der Waals surface area contributed by atoms with Gasteiger partial charge in [-0.2, -0.15) is 0 Å². The van der Waals surface area contributed by atoms with Crippen molar-refractivity contribution in [2.45, 2.75) is 20.3 Å². The Morgan fingerprint density at radius 2 is 1.71 bits per heavy atom. The summed E-state index contributed by atoms with van der Waals surface area (Å²) in [7, 11) is 0. The number of ether oxygens (including phenoxy) is 1. The Labute approximate surface area is 103 Å². The highest BCUT2D eigenvalue weighted by molar-refractivity contribution is 5.83. The van der Waals surface area contributed by atoms with Crippen LogP contribution in [0, 0.1) is 0 Å². The lowest BCUT2D eigenvalue weighted by atomic mass is 10.1. The fraction of sp³-hybridized carbons (Fsp3) is 0.333. The molecule has 0 bridgehead atoms. The molecule has 0 unspecified atom stereocenters. The first kappa shape index (κ1) is 13.5. The van der Waals surface area contributed by atoms with Crippen LogP contribution in [0.2, 0.25) is 0 Å². The van der Waals surface area contributed by atoms with Crippen LogP contribution >= 0.6 is 0 Å². The summed E-state index contributed by atoms with van der Waals surface area (Å²) in [6.07, 6.45) is 0.673. The predicted octanol–water partition coefficient (Wildman–Crippen LogP) is 3.63. The molecule has 0 saturated carbocycles. The summed E-state index contributed by atoms with van der Waals surface area (Å²) >= 11 is 0. The average molecular weight is 232 g/mol. The fourth-order valence-electron chi connectivity index (χ4n) is 1.51. The topological polar surface area (TPSA) is 29.5 Å². The van der Waals surface area contributed by atoms with Crippen molar-refractivity contribution in [2.24, 2.45) is 0 Å². The van der Waals surface area contributed by atoms with Crippen LogP contribution in [-0.2, 0) is 0 Å². The number of hydrogen-bond donors (Lipinski definition) is 1. The number of aliphatic hydroxyl groups excluding tert-OH is 1. The largest absolute Gasteiger partial charge is 0.493 e. The Balaban J connectivity index is 0.000000686. The van der Waals surface area contributed by atoms with E-state index >= 15 is 0 Å². The zero-order chi connectivity index (χ0) is 12.5. The highest BCUT2D eigenvalue weighted by Gasteiger charge is 1.96. The predicted molar refractivity (Wildman–Crippen MR) is 72.5 cm³/mol. The summed E-state index contributed by atoms with van der Waals surface area (Å²) < 4.78 is 5.49. The number of fused-ring (bicyclic) bond motifs is 1. The van der Waals surface area contributed by atoms with Crippen molar-refractivity contribution in [3.8, 4) is 5.75 Å². The summed E-state index contributed by atoms with van der Waals surface area (Å²) in [6.45, 7) is 4.74. The standard InChI is InChI=1S/C13H14O2.C2H6/c14-8-3-9-15-13-7-6-11-4-1-2-5-12(11)10-13;1-2/h1-2,4-7,10,14H,3,8-9H2;1-2H3. The van der Waals surface area contributed by atoms with Gasteiger partial charge in [-0.15, -0.1) is 0 Å².